The molecule has 0 saturated heterocycles. The second kappa shape index (κ2) is 6.49. The molecule has 2 nitrogen and oxygen atoms in total. The Morgan fingerprint density at radius 2 is 1.79 bits per heavy atom. The van der Waals surface area contributed by atoms with Gasteiger partial charge in [-0.3, -0.25) is 0 Å². The molecule has 0 bridgehead atoms. The average Bonchev–Trinajstić information content (AvgIpc) is 2.42. The fourth-order valence-electron chi connectivity index (χ4n) is 3.26. The maximum absolute atomic E-state index is 12.9. The summed E-state index contributed by atoms with van der Waals surface area (Å²) in [5.41, 5.74) is 7.48. The SMILES string of the molecule is CN(Cc1ccc(F)cc1)CC1(CN)CCCCC1. The zero-order valence-electron chi connectivity index (χ0n) is 11.9. The smallest absolute Gasteiger partial charge is 0.123 e. The van der Waals surface area contributed by atoms with Gasteiger partial charge >= 0.3 is 0 Å². The Balaban J connectivity index is 1.92. The fraction of sp³-hybridized carbons (Fsp3) is 0.625. The van der Waals surface area contributed by atoms with Crippen LogP contribution in [0.5, 0.6) is 0 Å². The van der Waals surface area contributed by atoms with E-state index in [1.54, 1.807) is 0 Å². The van der Waals surface area contributed by atoms with Crippen molar-refractivity contribution in [3.63, 3.8) is 0 Å². The molecule has 0 heterocycles. The molecule has 0 spiro atoms. The summed E-state index contributed by atoms with van der Waals surface area (Å²) in [5, 5.41) is 0. The first-order valence-electron chi connectivity index (χ1n) is 7.27. The first kappa shape index (κ1) is 14.5. The molecule has 1 aromatic rings. The first-order valence-corrected chi connectivity index (χ1v) is 7.27. The third kappa shape index (κ3) is 4.02. The third-order valence-electron chi connectivity index (χ3n) is 4.32. The predicted molar refractivity (Wildman–Crippen MR) is 77.3 cm³/mol. The van der Waals surface area contributed by atoms with E-state index in [0.29, 0.717) is 5.41 Å². The van der Waals surface area contributed by atoms with Crippen molar-refractivity contribution in [3.05, 3.63) is 35.6 Å². The Hall–Kier alpha value is -0.930. The summed E-state index contributed by atoms with van der Waals surface area (Å²) in [4.78, 5) is 2.32. The Kier molecular flexibility index (Phi) is 4.94. The van der Waals surface area contributed by atoms with Crippen LogP contribution >= 0.6 is 0 Å². The number of benzene rings is 1. The minimum Gasteiger partial charge on any atom is -0.330 e. The van der Waals surface area contributed by atoms with Crippen LogP contribution in [0.2, 0.25) is 0 Å². The van der Waals surface area contributed by atoms with E-state index in [-0.39, 0.29) is 5.82 Å². The number of hydrogen-bond donors (Lipinski definition) is 1. The maximum atomic E-state index is 12.9. The van der Waals surface area contributed by atoms with E-state index in [4.69, 9.17) is 5.73 Å². The van der Waals surface area contributed by atoms with Gasteiger partial charge in [-0.15, -0.1) is 0 Å². The lowest BCUT2D eigenvalue weighted by molar-refractivity contribution is 0.124. The van der Waals surface area contributed by atoms with Crippen LogP contribution in [0.15, 0.2) is 24.3 Å². The summed E-state index contributed by atoms with van der Waals surface area (Å²) in [6, 6.07) is 6.79. The van der Waals surface area contributed by atoms with Gasteiger partial charge in [0, 0.05) is 13.1 Å². The van der Waals surface area contributed by atoms with Gasteiger partial charge in [-0.2, -0.15) is 0 Å². The molecular formula is C16H25FN2. The highest BCUT2D eigenvalue weighted by atomic mass is 19.1. The molecule has 0 aromatic heterocycles. The number of nitrogens with zero attached hydrogens (tertiary/aromatic N) is 1. The van der Waals surface area contributed by atoms with Gasteiger partial charge in [0.05, 0.1) is 0 Å². The molecule has 0 aliphatic heterocycles. The molecule has 3 heteroatoms. The molecule has 1 aliphatic carbocycles. The number of halogens is 1. The lowest BCUT2D eigenvalue weighted by Gasteiger charge is -2.39. The topological polar surface area (TPSA) is 29.3 Å². The Morgan fingerprint density at radius 3 is 2.37 bits per heavy atom. The van der Waals surface area contributed by atoms with Crippen molar-refractivity contribution in [1.29, 1.82) is 0 Å². The molecule has 1 fully saturated rings. The minimum absolute atomic E-state index is 0.169. The molecule has 106 valence electrons. The second-order valence-electron chi connectivity index (χ2n) is 6.06. The molecule has 1 aliphatic rings. The lowest BCUT2D eigenvalue weighted by atomic mass is 9.73. The molecule has 1 aromatic carbocycles. The van der Waals surface area contributed by atoms with Gasteiger partial charge in [0.15, 0.2) is 0 Å². The Morgan fingerprint density at radius 1 is 1.16 bits per heavy atom. The van der Waals surface area contributed by atoms with Gasteiger partial charge < -0.3 is 10.6 Å². The van der Waals surface area contributed by atoms with Gasteiger partial charge in [0.1, 0.15) is 5.82 Å². The highest BCUT2D eigenvalue weighted by Gasteiger charge is 2.31. The zero-order chi connectivity index (χ0) is 13.7. The summed E-state index contributed by atoms with van der Waals surface area (Å²) in [5.74, 6) is -0.169. The van der Waals surface area contributed by atoms with Crippen LogP contribution in [0.1, 0.15) is 37.7 Å². The number of hydrogen-bond acceptors (Lipinski definition) is 2. The van der Waals surface area contributed by atoms with Crippen molar-refractivity contribution in [1.82, 2.24) is 4.90 Å². The van der Waals surface area contributed by atoms with Gasteiger partial charge in [-0.05, 0) is 49.5 Å². The monoisotopic (exact) mass is 264 g/mol. The standard InChI is InChI=1S/C16H25FN2/c1-19(11-14-5-7-15(17)8-6-14)13-16(12-18)9-3-2-4-10-16/h5-8H,2-4,9-13,18H2,1H3. The molecule has 19 heavy (non-hydrogen) atoms. The molecule has 2 N–H and O–H groups in total. The van der Waals surface area contributed by atoms with Crippen molar-refractivity contribution in [2.75, 3.05) is 20.1 Å². The summed E-state index contributed by atoms with van der Waals surface area (Å²) in [6.07, 6.45) is 6.46. The van der Waals surface area contributed by atoms with Gasteiger partial charge in [-0.25, -0.2) is 4.39 Å². The van der Waals surface area contributed by atoms with E-state index in [0.717, 1.165) is 25.2 Å². The molecule has 2 rings (SSSR count). The van der Waals surface area contributed by atoms with Gasteiger partial charge in [-0.1, -0.05) is 31.4 Å². The molecule has 0 radical (unpaired) electrons. The van der Waals surface area contributed by atoms with Crippen LogP contribution in [-0.2, 0) is 6.54 Å². The summed E-state index contributed by atoms with van der Waals surface area (Å²) >= 11 is 0. The minimum atomic E-state index is -0.169. The first-order chi connectivity index (χ1) is 9.13. The van der Waals surface area contributed by atoms with Crippen LogP contribution in [0.3, 0.4) is 0 Å². The maximum Gasteiger partial charge on any atom is 0.123 e. The van der Waals surface area contributed by atoms with Crippen molar-refractivity contribution in [2.45, 2.75) is 38.6 Å². The predicted octanol–water partition coefficient (Wildman–Crippen LogP) is 3.17. The average molecular weight is 264 g/mol. The normalized spacial score (nSPS) is 18.7. The van der Waals surface area contributed by atoms with E-state index >= 15 is 0 Å². The van der Waals surface area contributed by atoms with E-state index < -0.39 is 0 Å². The van der Waals surface area contributed by atoms with Crippen molar-refractivity contribution in [2.24, 2.45) is 11.1 Å². The fourth-order valence-corrected chi connectivity index (χ4v) is 3.26. The van der Waals surface area contributed by atoms with Crippen molar-refractivity contribution in [3.8, 4) is 0 Å². The van der Waals surface area contributed by atoms with Gasteiger partial charge in [0.25, 0.3) is 0 Å². The van der Waals surface area contributed by atoms with Crippen LogP contribution in [-0.4, -0.2) is 25.0 Å². The molecule has 0 unspecified atom stereocenters. The molecular weight excluding hydrogens is 239 g/mol. The van der Waals surface area contributed by atoms with E-state index in [1.165, 1.54) is 44.2 Å². The van der Waals surface area contributed by atoms with Crippen LogP contribution in [0.25, 0.3) is 0 Å². The van der Waals surface area contributed by atoms with Crippen LogP contribution in [0.4, 0.5) is 4.39 Å². The molecule has 1 saturated carbocycles. The third-order valence-corrected chi connectivity index (χ3v) is 4.32. The largest absolute Gasteiger partial charge is 0.330 e. The van der Waals surface area contributed by atoms with Gasteiger partial charge in [0.2, 0.25) is 0 Å². The lowest BCUT2D eigenvalue weighted by Crippen LogP contribution is -2.42. The molecule has 0 atom stereocenters. The summed E-state index contributed by atoms with van der Waals surface area (Å²) in [6.45, 7) is 2.68. The van der Waals surface area contributed by atoms with Crippen molar-refractivity contribution < 1.29 is 4.39 Å². The quantitative estimate of drug-likeness (QED) is 0.885. The van der Waals surface area contributed by atoms with E-state index in [2.05, 4.69) is 11.9 Å². The Bertz CT molecular complexity index is 382. The molecule has 0 amide bonds. The summed E-state index contributed by atoms with van der Waals surface area (Å²) in [7, 11) is 2.13. The zero-order valence-corrected chi connectivity index (χ0v) is 11.9. The number of rotatable bonds is 5. The Labute approximate surface area is 115 Å². The van der Waals surface area contributed by atoms with Crippen molar-refractivity contribution >= 4 is 0 Å². The van der Waals surface area contributed by atoms with E-state index in [9.17, 15) is 4.39 Å². The number of nitrogens with two attached hydrogens (primary N) is 1. The van der Waals surface area contributed by atoms with E-state index in [1.807, 2.05) is 12.1 Å². The highest BCUT2D eigenvalue weighted by molar-refractivity contribution is 5.15. The summed E-state index contributed by atoms with van der Waals surface area (Å²) < 4.78 is 12.9. The van der Waals surface area contributed by atoms with Crippen LogP contribution in [0, 0.1) is 11.2 Å². The second-order valence-corrected chi connectivity index (χ2v) is 6.06. The van der Waals surface area contributed by atoms with Crippen LogP contribution < -0.4 is 5.73 Å². The highest BCUT2D eigenvalue weighted by Crippen LogP contribution is 2.36.